The number of rotatable bonds is 4. The standard InChI is InChI=1S/C20H25NO3S/c22-19(12-25-16-1-2-17-18(8-16)24-4-3-23-17)21-20-9-13-5-14(10-20)7-15(6-13)11-20/h1-2,8,13-15H,3-7,9-12H2,(H,21,22). The number of hydrogen-bond donors (Lipinski definition) is 1. The maximum Gasteiger partial charge on any atom is 0.230 e. The summed E-state index contributed by atoms with van der Waals surface area (Å²) in [4.78, 5) is 13.7. The zero-order valence-corrected chi connectivity index (χ0v) is 15.3. The number of fused-ring (bicyclic) bond motifs is 1. The van der Waals surface area contributed by atoms with E-state index in [2.05, 4.69) is 5.32 Å². The molecule has 4 bridgehead atoms. The van der Waals surface area contributed by atoms with Gasteiger partial charge in [0.15, 0.2) is 11.5 Å². The molecule has 5 heteroatoms. The van der Waals surface area contributed by atoms with Gasteiger partial charge in [-0.25, -0.2) is 0 Å². The normalized spacial score (nSPS) is 34.8. The second kappa shape index (κ2) is 6.11. The average molecular weight is 359 g/mol. The first-order chi connectivity index (χ1) is 12.2. The van der Waals surface area contributed by atoms with Crippen LogP contribution in [-0.4, -0.2) is 30.4 Å². The van der Waals surface area contributed by atoms with Gasteiger partial charge >= 0.3 is 0 Å². The van der Waals surface area contributed by atoms with Crippen molar-refractivity contribution in [3.05, 3.63) is 18.2 Å². The van der Waals surface area contributed by atoms with Crippen molar-refractivity contribution in [3.63, 3.8) is 0 Å². The molecule has 6 rings (SSSR count). The maximum atomic E-state index is 12.6. The Labute approximate surface area is 153 Å². The van der Waals surface area contributed by atoms with E-state index in [-0.39, 0.29) is 11.4 Å². The number of carbonyl (C=O) groups is 1. The summed E-state index contributed by atoms with van der Waals surface area (Å²) in [6.45, 7) is 1.20. The number of benzene rings is 1. The summed E-state index contributed by atoms with van der Waals surface area (Å²) in [5, 5.41) is 3.44. The summed E-state index contributed by atoms with van der Waals surface area (Å²) >= 11 is 1.58. The van der Waals surface area contributed by atoms with Crippen molar-refractivity contribution in [2.75, 3.05) is 19.0 Å². The van der Waals surface area contributed by atoms with E-state index in [4.69, 9.17) is 9.47 Å². The highest BCUT2D eigenvalue weighted by molar-refractivity contribution is 8.00. The molecule has 1 aromatic rings. The smallest absolute Gasteiger partial charge is 0.230 e. The number of carbonyl (C=O) groups excluding carboxylic acids is 1. The van der Waals surface area contributed by atoms with Crippen LogP contribution < -0.4 is 14.8 Å². The van der Waals surface area contributed by atoms with Crippen LogP contribution in [0.15, 0.2) is 23.1 Å². The molecule has 0 atom stereocenters. The van der Waals surface area contributed by atoms with E-state index in [1.54, 1.807) is 11.8 Å². The van der Waals surface area contributed by atoms with Crippen molar-refractivity contribution in [2.24, 2.45) is 17.8 Å². The Balaban J connectivity index is 1.20. The molecule has 1 N–H and O–H groups in total. The van der Waals surface area contributed by atoms with Crippen molar-refractivity contribution in [3.8, 4) is 11.5 Å². The van der Waals surface area contributed by atoms with Crippen molar-refractivity contribution >= 4 is 17.7 Å². The Hall–Kier alpha value is -1.36. The summed E-state index contributed by atoms with van der Waals surface area (Å²) < 4.78 is 11.2. The summed E-state index contributed by atoms with van der Waals surface area (Å²) in [6, 6.07) is 5.93. The molecule has 1 heterocycles. The van der Waals surface area contributed by atoms with Crippen LogP contribution >= 0.6 is 11.8 Å². The van der Waals surface area contributed by atoms with Crippen LogP contribution in [0.5, 0.6) is 11.5 Å². The lowest BCUT2D eigenvalue weighted by atomic mass is 9.53. The largest absolute Gasteiger partial charge is 0.486 e. The number of nitrogens with one attached hydrogen (secondary N) is 1. The Morgan fingerprint density at radius 3 is 2.36 bits per heavy atom. The fourth-order valence-electron chi connectivity index (χ4n) is 5.86. The molecule has 0 radical (unpaired) electrons. The van der Waals surface area contributed by atoms with E-state index in [0.29, 0.717) is 19.0 Å². The zero-order valence-electron chi connectivity index (χ0n) is 14.5. The van der Waals surface area contributed by atoms with Gasteiger partial charge < -0.3 is 14.8 Å². The molecule has 1 aliphatic heterocycles. The molecule has 134 valence electrons. The van der Waals surface area contributed by atoms with Crippen LogP contribution in [0, 0.1) is 17.8 Å². The van der Waals surface area contributed by atoms with Crippen LogP contribution in [-0.2, 0) is 4.79 Å². The number of hydrogen-bond acceptors (Lipinski definition) is 4. The van der Waals surface area contributed by atoms with Gasteiger partial charge in [0.25, 0.3) is 0 Å². The first-order valence-electron chi connectivity index (χ1n) is 9.51. The molecule has 1 amide bonds. The fraction of sp³-hybridized carbons (Fsp3) is 0.650. The molecule has 0 aromatic heterocycles. The van der Waals surface area contributed by atoms with Gasteiger partial charge in [-0.3, -0.25) is 4.79 Å². The molecule has 4 fully saturated rings. The van der Waals surface area contributed by atoms with Crippen LogP contribution in [0.25, 0.3) is 0 Å². The first kappa shape index (κ1) is 15.9. The van der Waals surface area contributed by atoms with Gasteiger partial charge in [0.1, 0.15) is 13.2 Å². The topological polar surface area (TPSA) is 47.6 Å². The zero-order chi connectivity index (χ0) is 16.9. The molecule has 4 nitrogen and oxygen atoms in total. The lowest BCUT2D eigenvalue weighted by Crippen LogP contribution is -2.60. The SMILES string of the molecule is O=C(CSc1ccc2c(c1)OCCO2)NC12CC3CC(CC(C3)C1)C2. The number of thioether (sulfide) groups is 1. The third-order valence-corrected chi connectivity index (χ3v) is 7.32. The van der Waals surface area contributed by atoms with E-state index in [0.717, 1.165) is 34.1 Å². The first-order valence-corrected chi connectivity index (χ1v) is 10.5. The number of amides is 1. The molecule has 0 unspecified atom stereocenters. The molecular weight excluding hydrogens is 334 g/mol. The molecule has 1 aromatic carbocycles. The Bertz CT molecular complexity index is 654. The third kappa shape index (κ3) is 3.12. The van der Waals surface area contributed by atoms with Gasteiger partial charge in [-0.05, 0) is 74.5 Å². The van der Waals surface area contributed by atoms with E-state index < -0.39 is 0 Å². The Morgan fingerprint density at radius 1 is 1.04 bits per heavy atom. The summed E-state index contributed by atoms with van der Waals surface area (Å²) in [6.07, 6.45) is 7.83. The Kier molecular flexibility index (Phi) is 3.88. The van der Waals surface area contributed by atoms with Gasteiger partial charge in [-0.2, -0.15) is 0 Å². The fourth-order valence-corrected chi connectivity index (χ4v) is 6.58. The Morgan fingerprint density at radius 2 is 1.68 bits per heavy atom. The highest BCUT2D eigenvalue weighted by atomic mass is 32.2. The summed E-state index contributed by atoms with van der Waals surface area (Å²) in [5.74, 6) is 4.82. The molecule has 0 saturated heterocycles. The van der Waals surface area contributed by atoms with Crippen molar-refractivity contribution in [2.45, 2.75) is 49.0 Å². The van der Waals surface area contributed by atoms with Crippen molar-refractivity contribution in [1.82, 2.24) is 5.32 Å². The lowest BCUT2D eigenvalue weighted by molar-refractivity contribution is -0.124. The molecule has 0 spiro atoms. The van der Waals surface area contributed by atoms with E-state index in [1.165, 1.54) is 38.5 Å². The molecule has 4 saturated carbocycles. The van der Waals surface area contributed by atoms with Gasteiger partial charge in [0.05, 0.1) is 5.75 Å². The van der Waals surface area contributed by atoms with Crippen LogP contribution in [0.3, 0.4) is 0 Å². The van der Waals surface area contributed by atoms with Gasteiger partial charge in [0.2, 0.25) is 5.91 Å². The quantitative estimate of drug-likeness (QED) is 0.834. The van der Waals surface area contributed by atoms with E-state index in [1.807, 2.05) is 18.2 Å². The van der Waals surface area contributed by atoms with Gasteiger partial charge in [0, 0.05) is 10.4 Å². The lowest BCUT2D eigenvalue weighted by Gasteiger charge is -2.56. The molecular formula is C20H25NO3S. The average Bonchev–Trinajstić information content (AvgIpc) is 2.58. The van der Waals surface area contributed by atoms with Crippen LogP contribution in [0.4, 0.5) is 0 Å². The maximum absolute atomic E-state index is 12.6. The second-order valence-electron chi connectivity index (χ2n) is 8.34. The number of ether oxygens (including phenoxy) is 2. The third-order valence-electron chi connectivity index (χ3n) is 6.33. The minimum atomic E-state index is 0.110. The predicted molar refractivity (Wildman–Crippen MR) is 97.2 cm³/mol. The highest BCUT2D eigenvalue weighted by Crippen LogP contribution is 2.55. The van der Waals surface area contributed by atoms with E-state index in [9.17, 15) is 4.79 Å². The molecule has 4 aliphatic carbocycles. The van der Waals surface area contributed by atoms with Gasteiger partial charge in [-0.1, -0.05) is 0 Å². The second-order valence-corrected chi connectivity index (χ2v) is 9.39. The highest BCUT2D eigenvalue weighted by Gasteiger charge is 2.51. The molecule has 5 aliphatic rings. The van der Waals surface area contributed by atoms with Crippen LogP contribution in [0.2, 0.25) is 0 Å². The van der Waals surface area contributed by atoms with Crippen molar-refractivity contribution in [1.29, 1.82) is 0 Å². The van der Waals surface area contributed by atoms with Crippen LogP contribution in [0.1, 0.15) is 38.5 Å². The summed E-state index contributed by atoms with van der Waals surface area (Å²) in [5.41, 5.74) is 0.110. The minimum Gasteiger partial charge on any atom is -0.486 e. The minimum absolute atomic E-state index is 0.110. The molecule has 25 heavy (non-hydrogen) atoms. The van der Waals surface area contributed by atoms with Gasteiger partial charge in [-0.15, -0.1) is 11.8 Å². The monoisotopic (exact) mass is 359 g/mol. The summed E-state index contributed by atoms with van der Waals surface area (Å²) in [7, 11) is 0. The van der Waals surface area contributed by atoms with Crippen molar-refractivity contribution < 1.29 is 14.3 Å². The predicted octanol–water partition coefficient (Wildman–Crippen LogP) is 3.63. The van der Waals surface area contributed by atoms with E-state index >= 15 is 0 Å².